The van der Waals surface area contributed by atoms with E-state index in [9.17, 15) is 22.8 Å². The number of H-pyrrole nitrogens is 1. The maximum Gasteiger partial charge on any atom is 0.355 e. The molecule has 0 atom stereocenters. The number of benzene rings is 1. The van der Waals surface area contributed by atoms with Gasteiger partial charge in [0.25, 0.3) is 5.91 Å². The van der Waals surface area contributed by atoms with Crippen molar-refractivity contribution in [1.82, 2.24) is 9.29 Å². The summed E-state index contributed by atoms with van der Waals surface area (Å²) in [6.07, 6.45) is 0. The first-order valence-corrected chi connectivity index (χ1v) is 11.3. The number of nitrogens with zero attached hydrogens (tertiary/aromatic N) is 1. The molecule has 10 nitrogen and oxygen atoms in total. The summed E-state index contributed by atoms with van der Waals surface area (Å²) >= 11 is 5.98. The van der Waals surface area contributed by atoms with Crippen LogP contribution in [0.4, 0.5) is 5.69 Å². The third-order valence-electron chi connectivity index (χ3n) is 4.43. The molecule has 32 heavy (non-hydrogen) atoms. The molecule has 0 aliphatic rings. The van der Waals surface area contributed by atoms with Gasteiger partial charge >= 0.3 is 11.9 Å². The average Bonchev–Trinajstić information content (AvgIpc) is 3.01. The number of hydrogen-bond donors (Lipinski definition) is 2. The number of halogens is 1. The normalized spacial score (nSPS) is 11.3. The van der Waals surface area contributed by atoms with Gasteiger partial charge in [0.1, 0.15) is 10.6 Å². The molecule has 12 heteroatoms. The largest absolute Gasteiger partial charge is 0.461 e. The Kier molecular flexibility index (Phi) is 8.05. The van der Waals surface area contributed by atoms with Crippen LogP contribution >= 0.6 is 11.6 Å². The van der Waals surface area contributed by atoms with Crippen molar-refractivity contribution >= 4 is 45.2 Å². The number of nitrogens with one attached hydrogen (secondary N) is 2. The third kappa shape index (κ3) is 5.47. The molecule has 0 spiro atoms. The molecule has 0 radical (unpaired) electrons. The molecule has 1 aromatic heterocycles. The number of amides is 1. The summed E-state index contributed by atoms with van der Waals surface area (Å²) in [5.41, 5.74) is 1.17. The highest BCUT2D eigenvalue weighted by molar-refractivity contribution is 7.89. The van der Waals surface area contributed by atoms with E-state index in [1.807, 2.05) is 0 Å². The van der Waals surface area contributed by atoms with Crippen LogP contribution in [0.15, 0.2) is 23.1 Å². The SMILES string of the molecule is CCOC(=O)c1[nH]c(C)c(C(=O)OCC(=O)Nc2ccc(Cl)c(S(=O)(=O)N(C)C)c2)c1C. The van der Waals surface area contributed by atoms with Crippen molar-refractivity contribution in [1.29, 1.82) is 0 Å². The standard InChI is InChI=1S/C20H24ClN3O7S/c1-6-30-20(27)18-11(2)17(12(3)22-18)19(26)31-10-16(25)23-13-7-8-14(21)15(9-13)32(28,29)24(4)5/h7-9,22H,6,10H2,1-5H3,(H,23,25). The first-order valence-electron chi connectivity index (χ1n) is 9.45. The summed E-state index contributed by atoms with van der Waals surface area (Å²) < 4.78 is 35.7. The van der Waals surface area contributed by atoms with Crippen LogP contribution in [0.2, 0.25) is 5.02 Å². The smallest absolute Gasteiger partial charge is 0.355 e. The van der Waals surface area contributed by atoms with Crippen molar-refractivity contribution in [2.45, 2.75) is 25.7 Å². The number of aromatic amines is 1. The molecule has 0 aliphatic carbocycles. The predicted molar refractivity (Wildman–Crippen MR) is 117 cm³/mol. The Morgan fingerprint density at radius 3 is 2.38 bits per heavy atom. The molecule has 1 amide bonds. The summed E-state index contributed by atoms with van der Waals surface area (Å²) in [4.78, 5) is 39.3. The number of rotatable bonds is 8. The molecular weight excluding hydrogens is 462 g/mol. The molecule has 0 fully saturated rings. The number of sulfonamides is 1. The lowest BCUT2D eigenvalue weighted by atomic mass is 10.1. The van der Waals surface area contributed by atoms with Gasteiger partial charge in [0.15, 0.2) is 6.61 Å². The number of carbonyl (C=O) groups excluding carboxylic acids is 3. The van der Waals surface area contributed by atoms with E-state index in [1.54, 1.807) is 20.8 Å². The molecule has 2 rings (SSSR count). The van der Waals surface area contributed by atoms with Crippen LogP contribution in [0, 0.1) is 13.8 Å². The van der Waals surface area contributed by atoms with Crippen LogP contribution in [0.25, 0.3) is 0 Å². The fourth-order valence-corrected chi connectivity index (χ4v) is 4.23. The average molecular weight is 486 g/mol. The molecular formula is C20H24ClN3O7S. The number of ether oxygens (including phenoxy) is 2. The van der Waals surface area contributed by atoms with E-state index in [0.29, 0.717) is 11.3 Å². The van der Waals surface area contributed by atoms with Crippen LogP contribution in [0.5, 0.6) is 0 Å². The maximum absolute atomic E-state index is 12.5. The second-order valence-corrected chi connectivity index (χ2v) is 9.43. The van der Waals surface area contributed by atoms with Gasteiger partial charge in [0.2, 0.25) is 10.0 Å². The second kappa shape index (κ2) is 10.2. The van der Waals surface area contributed by atoms with E-state index in [-0.39, 0.29) is 33.5 Å². The van der Waals surface area contributed by atoms with Gasteiger partial charge in [-0.25, -0.2) is 22.3 Å². The molecule has 2 N–H and O–H groups in total. The van der Waals surface area contributed by atoms with Gasteiger partial charge in [-0.15, -0.1) is 0 Å². The van der Waals surface area contributed by atoms with Crippen molar-refractivity contribution in [3.63, 3.8) is 0 Å². The highest BCUT2D eigenvalue weighted by Gasteiger charge is 2.25. The molecule has 0 saturated heterocycles. The Morgan fingerprint density at radius 1 is 1.12 bits per heavy atom. The number of carbonyl (C=O) groups is 3. The van der Waals surface area contributed by atoms with E-state index >= 15 is 0 Å². The topological polar surface area (TPSA) is 135 Å². The fraction of sp³-hybridized carbons (Fsp3) is 0.350. The van der Waals surface area contributed by atoms with Gasteiger partial charge in [-0.3, -0.25) is 4.79 Å². The Hall–Kier alpha value is -2.89. The first-order chi connectivity index (χ1) is 14.9. The molecule has 0 aliphatic heterocycles. The van der Waals surface area contributed by atoms with Gasteiger partial charge in [0.05, 0.1) is 17.2 Å². The molecule has 174 valence electrons. The van der Waals surface area contributed by atoms with Crippen molar-refractivity contribution in [3.8, 4) is 0 Å². The lowest BCUT2D eigenvalue weighted by Crippen LogP contribution is -2.24. The highest BCUT2D eigenvalue weighted by atomic mass is 35.5. The van der Waals surface area contributed by atoms with Crippen LogP contribution in [-0.2, 0) is 24.3 Å². The summed E-state index contributed by atoms with van der Waals surface area (Å²) in [5, 5.41) is 2.46. The third-order valence-corrected chi connectivity index (χ3v) is 6.73. The Bertz CT molecular complexity index is 1160. The maximum atomic E-state index is 12.5. The lowest BCUT2D eigenvalue weighted by molar-refractivity contribution is -0.119. The van der Waals surface area contributed by atoms with Gasteiger partial charge in [-0.2, -0.15) is 0 Å². The van der Waals surface area contributed by atoms with Crippen LogP contribution in [0.3, 0.4) is 0 Å². The molecule has 0 saturated carbocycles. The van der Waals surface area contributed by atoms with Crippen molar-refractivity contribution in [3.05, 3.63) is 45.7 Å². The molecule has 0 unspecified atom stereocenters. The summed E-state index contributed by atoms with van der Waals surface area (Å²) in [5.74, 6) is -2.09. The zero-order valence-corrected chi connectivity index (χ0v) is 19.8. The van der Waals surface area contributed by atoms with E-state index < -0.39 is 34.5 Å². The van der Waals surface area contributed by atoms with E-state index in [4.69, 9.17) is 21.1 Å². The van der Waals surface area contributed by atoms with E-state index in [1.165, 1.54) is 32.3 Å². The fourth-order valence-electron chi connectivity index (χ4n) is 2.84. The zero-order valence-electron chi connectivity index (χ0n) is 18.2. The number of hydrogen-bond acceptors (Lipinski definition) is 7. The lowest BCUT2D eigenvalue weighted by Gasteiger charge is -2.14. The zero-order chi connectivity index (χ0) is 24.2. The van der Waals surface area contributed by atoms with Crippen LogP contribution in [-0.4, -0.2) is 62.9 Å². The van der Waals surface area contributed by atoms with Gasteiger partial charge in [-0.1, -0.05) is 11.6 Å². The summed E-state index contributed by atoms with van der Waals surface area (Å²) in [6, 6.07) is 3.97. The predicted octanol–water partition coefficient (Wildman–Crippen LogP) is 2.51. The minimum atomic E-state index is -3.82. The molecule has 2 aromatic rings. The summed E-state index contributed by atoms with van der Waals surface area (Å²) in [6.45, 7) is 4.37. The second-order valence-electron chi connectivity index (χ2n) is 6.90. The quantitative estimate of drug-likeness (QED) is 0.548. The van der Waals surface area contributed by atoms with Gasteiger partial charge in [0, 0.05) is 25.5 Å². The monoisotopic (exact) mass is 485 g/mol. The van der Waals surface area contributed by atoms with Crippen LogP contribution < -0.4 is 5.32 Å². The Labute approximate surface area is 190 Å². The van der Waals surface area contributed by atoms with Gasteiger partial charge < -0.3 is 19.8 Å². The summed E-state index contributed by atoms with van der Waals surface area (Å²) in [7, 11) is -1.11. The van der Waals surface area contributed by atoms with E-state index in [2.05, 4.69) is 10.3 Å². The van der Waals surface area contributed by atoms with Crippen molar-refractivity contribution < 1.29 is 32.3 Å². The van der Waals surface area contributed by atoms with Crippen molar-refractivity contribution in [2.75, 3.05) is 32.6 Å². The Balaban J connectivity index is 2.10. The molecule has 1 heterocycles. The number of aryl methyl sites for hydroxylation is 1. The number of aromatic nitrogens is 1. The number of esters is 2. The highest BCUT2D eigenvalue weighted by Crippen LogP contribution is 2.27. The minimum absolute atomic E-state index is 0.000982. The first kappa shape index (κ1) is 25.4. The van der Waals surface area contributed by atoms with E-state index in [0.717, 1.165) is 4.31 Å². The van der Waals surface area contributed by atoms with Crippen LogP contribution in [0.1, 0.15) is 39.0 Å². The Morgan fingerprint density at radius 2 is 1.78 bits per heavy atom. The molecule has 1 aromatic carbocycles. The van der Waals surface area contributed by atoms with Gasteiger partial charge in [-0.05, 0) is 44.5 Å². The number of anilines is 1. The minimum Gasteiger partial charge on any atom is -0.461 e. The van der Waals surface area contributed by atoms with Crippen molar-refractivity contribution in [2.24, 2.45) is 0 Å². The molecule has 0 bridgehead atoms.